The lowest BCUT2D eigenvalue weighted by Crippen LogP contribution is -2.41. The van der Waals surface area contributed by atoms with E-state index in [0.717, 1.165) is 12.0 Å². The smallest absolute Gasteiger partial charge is 0.287 e. The average Bonchev–Trinajstić information content (AvgIpc) is 2.97. The first-order valence-corrected chi connectivity index (χ1v) is 10.3. The van der Waals surface area contributed by atoms with E-state index in [1.165, 1.54) is 16.7 Å². The van der Waals surface area contributed by atoms with Crippen molar-refractivity contribution >= 4 is 24.9 Å². The fourth-order valence-electron chi connectivity index (χ4n) is 4.51. The molecule has 148 valence electrons. The van der Waals surface area contributed by atoms with Gasteiger partial charge in [-0.05, 0) is 17.5 Å². The predicted octanol–water partition coefficient (Wildman–Crippen LogP) is 4.03. The van der Waals surface area contributed by atoms with Crippen LogP contribution in [-0.4, -0.2) is 41.6 Å². The molecule has 3 nitrogen and oxygen atoms in total. The fraction of sp³-hybridized carbons (Fsp3) is 0.308. The van der Waals surface area contributed by atoms with Gasteiger partial charge in [-0.25, -0.2) is 4.58 Å². The van der Waals surface area contributed by atoms with Crippen LogP contribution >= 0.6 is 0 Å². The minimum absolute atomic E-state index is 0.120. The number of hydrogen-bond acceptors (Lipinski definition) is 1. The van der Waals surface area contributed by atoms with Crippen molar-refractivity contribution < 1.29 is 9.37 Å². The first-order chi connectivity index (χ1) is 14.0. The Hall–Kier alpha value is -3.03. The van der Waals surface area contributed by atoms with Crippen molar-refractivity contribution in [2.75, 3.05) is 6.54 Å². The van der Waals surface area contributed by atoms with Gasteiger partial charge in [0, 0.05) is 25.0 Å². The molecule has 2 aliphatic rings. The van der Waals surface area contributed by atoms with Crippen LogP contribution in [0.25, 0.3) is 0 Å². The van der Waals surface area contributed by atoms with Gasteiger partial charge in [-0.2, -0.15) is 0 Å². The third-order valence-corrected chi connectivity index (χ3v) is 5.88. The first kappa shape index (κ1) is 20.7. The molecule has 3 heteroatoms. The highest BCUT2D eigenvalue weighted by atomic mass is 16.1. The predicted molar refractivity (Wildman–Crippen MR) is 123 cm³/mol. The zero-order chi connectivity index (χ0) is 21.1. The van der Waals surface area contributed by atoms with E-state index in [4.69, 9.17) is 0 Å². The van der Waals surface area contributed by atoms with E-state index in [0.29, 0.717) is 6.54 Å². The third kappa shape index (κ3) is 3.43. The van der Waals surface area contributed by atoms with Gasteiger partial charge in [-0.15, -0.1) is 4.67 Å². The van der Waals surface area contributed by atoms with Crippen molar-refractivity contribution in [3.8, 4) is 0 Å². The summed E-state index contributed by atoms with van der Waals surface area (Å²) in [4.78, 5) is 12.9. The van der Waals surface area contributed by atoms with Gasteiger partial charge in [0.05, 0.1) is 0 Å². The average molecular weight is 387 g/mol. The van der Waals surface area contributed by atoms with E-state index in [1.54, 1.807) is 0 Å². The number of Topliss-reactive ketones (excluding diaryl/α,β-unsaturated/α-hetero) is 1. The molecule has 0 saturated carbocycles. The van der Waals surface area contributed by atoms with E-state index in [1.807, 2.05) is 50.4 Å². The summed E-state index contributed by atoms with van der Waals surface area (Å²) in [6.07, 6.45) is 7.29. The van der Waals surface area contributed by atoms with Gasteiger partial charge in [-0.1, -0.05) is 74.5 Å². The maximum atomic E-state index is 12.9. The topological polar surface area (TPSA) is 34.2 Å². The van der Waals surface area contributed by atoms with Crippen LogP contribution in [0.2, 0.25) is 0 Å². The summed E-state index contributed by atoms with van der Waals surface area (Å²) in [7, 11) is 0. The molecule has 2 aromatic rings. The number of carbonyl (C=O) groups is 1. The second-order valence-electron chi connectivity index (χ2n) is 7.76. The van der Waals surface area contributed by atoms with E-state index < -0.39 is 5.41 Å². The number of ketones is 1. The molecule has 0 radical (unpaired) electrons. The van der Waals surface area contributed by atoms with Crippen molar-refractivity contribution in [1.29, 1.82) is 0 Å². The Morgan fingerprint density at radius 3 is 2.45 bits per heavy atom. The summed E-state index contributed by atoms with van der Waals surface area (Å²) >= 11 is 0. The summed E-state index contributed by atoms with van der Waals surface area (Å²) in [5.41, 5.74) is 3.82. The minimum atomic E-state index is -0.433. The highest BCUT2D eigenvalue weighted by molar-refractivity contribution is 6.03. The van der Waals surface area contributed by atoms with Crippen LogP contribution in [0.4, 0.5) is 0 Å². The Morgan fingerprint density at radius 1 is 1.10 bits per heavy atom. The summed E-state index contributed by atoms with van der Waals surface area (Å²) < 4.78 is 6.33. The van der Waals surface area contributed by atoms with Crippen molar-refractivity contribution in [2.24, 2.45) is 0 Å². The summed E-state index contributed by atoms with van der Waals surface area (Å²) in [5, 5.41) is 0. The molecular weight excluding hydrogens is 356 g/mol. The van der Waals surface area contributed by atoms with Crippen LogP contribution < -0.4 is 4.67 Å². The monoisotopic (exact) mass is 386 g/mol. The standard InChI is InChI=1S/C24H24N2O.C2H6/c1-23(2)22-14-13-18-9-7-8-12-20(18)24(22,16-25-3)17-26(23)15-21(27)19-10-5-4-6-11-19;1-2/h4-12,14,16-17H,3,13,15H2,1-2H3;1-2H3/q+2;/t24-;/m0./s1. The second kappa shape index (κ2) is 8.14. The quantitative estimate of drug-likeness (QED) is 0.257. The highest BCUT2D eigenvalue weighted by Gasteiger charge is 2.59. The van der Waals surface area contributed by atoms with Crippen molar-refractivity contribution in [2.45, 2.75) is 45.1 Å². The largest absolute Gasteiger partial charge is 0.293 e. The van der Waals surface area contributed by atoms with Crippen molar-refractivity contribution in [3.63, 3.8) is 0 Å². The molecule has 0 N–H and O–H groups in total. The van der Waals surface area contributed by atoms with Crippen LogP contribution in [0, 0.1) is 0 Å². The molecule has 1 heterocycles. The summed E-state index contributed by atoms with van der Waals surface area (Å²) in [6, 6.07) is 18.0. The van der Waals surface area contributed by atoms with Gasteiger partial charge >= 0.3 is 0 Å². The molecule has 0 spiro atoms. The van der Waals surface area contributed by atoms with Crippen LogP contribution in [0.3, 0.4) is 0 Å². The zero-order valence-electron chi connectivity index (χ0n) is 17.9. The molecule has 4 rings (SSSR count). The van der Waals surface area contributed by atoms with Crippen molar-refractivity contribution in [3.05, 3.63) is 82.9 Å². The maximum Gasteiger partial charge on any atom is 0.293 e. The maximum absolute atomic E-state index is 12.9. The lowest BCUT2D eigenvalue weighted by Gasteiger charge is -2.29. The zero-order valence-corrected chi connectivity index (χ0v) is 17.9. The number of allylic oxidation sites excluding steroid dienone is 1. The Balaban J connectivity index is 0.00000117. The number of benzene rings is 2. The highest BCUT2D eigenvalue weighted by Crippen LogP contribution is 2.46. The number of hydrogen-bond donors (Lipinski definition) is 0. The lowest BCUT2D eigenvalue weighted by molar-refractivity contribution is -0.568. The molecule has 0 amide bonds. The number of fused-ring (bicyclic) bond motifs is 3. The van der Waals surface area contributed by atoms with Crippen LogP contribution in [0.1, 0.15) is 49.2 Å². The van der Waals surface area contributed by atoms with Crippen LogP contribution in [0.5, 0.6) is 0 Å². The third-order valence-electron chi connectivity index (χ3n) is 5.88. The molecule has 0 saturated heterocycles. The molecule has 0 bridgehead atoms. The first-order valence-electron chi connectivity index (χ1n) is 10.3. The van der Waals surface area contributed by atoms with E-state index in [9.17, 15) is 4.79 Å². The van der Waals surface area contributed by atoms with Gasteiger partial charge in [0.25, 0.3) is 12.9 Å². The summed E-state index contributed by atoms with van der Waals surface area (Å²) in [6.45, 7) is 12.4. The Kier molecular flexibility index (Phi) is 5.81. The minimum Gasteiger partial charge on any atom is -0.287 e. The van der Waals surface area contributed by atoms with Gasteiger partial charge < -0.3 is 0 Å². The van der Waals surface area contributed by atoms with Crippen molar-refractivity contribution in [1.82, 2.24) is 4.67 Å². The van der Waals surface area contributed by atoms with Gasteiger partial charge in [0.1, 0.15) is 0 Å². The van der Waals surface area contributed by atoms with E-state index in [2.05, 4.69) is 66.4 Å². The number of nitrogens with zero attached hydrogens (tertiary/aromatic N) is 2. The molecule has 29 heavy (non-hydrogen) atoms. The van der Waals surface area contributed by atoms with E-state index in [-0.39, 0.29) is 11.3 Å². The SMILES string of the molecule is C=[N+]=C[C@@]12C=[N+](CC(=O)c3ccccc3)C(C)(C)C1=CCc1ccccc12.CC. The molecule has 2 aromatic carbocycles. The fourth-order valence-corrected chi connectivity index (χ4v) is 4.51. The molecular formula is C26H30N2O+2. The molecule has 0 unspecified atom stereocenters. The Morgan fingerprint density at radius 2 is 1.76 bits per heavy atom. The van der Waals surface area contributed by atoms with Gasteiger partial charge in [-0.3, -0.25) is 4.79 Å². The number of carbonyl (C=O) groups excluding carboxylic acids is 1. The molecule has 1 aliphatic heterocycles. The molecule has 1 atom stereocenters. The second-order valence-corrected chi connectivity index (χ2v) is 7.76. The molecule has 0 aromatic heterocycles. The lowest BCUT2D eigenvalue weighted by atomic mass is 9.67. The van der Waals surface area contributed by atoms with E-state index >= 15 is 0 Å². The molecule has 1 aliphatic carbocycles. The normalized spacial score (nSPS) is 20.7. The van der Waals surface area contributed by atoms with Gasteiger partial charge in [0.15, 0.2) is 17.2 Å². The summed E-state index contributed by atoms with van der Waals surface area (Å²) in [5.74, 6) is 0.120. The Bertz CT molecular complexity index is 1020. The molecule has 0 fully saturated rings. The number of rotatable bonds is 4. The van der Waals surface area contributed by atoms with Crippen LogP contribution in [0.15, 0.2) is 66.2 Å². The van der Waals surface area contributed by atoms with Crippen LogP contribution in [-0.2, 0) is 11.8 Å². The van der Waals surface area contributed by atoms with Gasteiger partial charge in [0.2, 0.25) is 12.3 Å². The Labute approximate surface area is 173 Å².